The predicted octanol–water partition coefficient (Wildman–Crippen LogP) is 2.22. The summed E-state index contributed by atoms with van der Waals surface area (Å²) in [5.41, 5.74) is 1.16. The summed E-state index contributed by atoms with van der Waals surface area (Å²) in [7, 11) is 0. The summed E-state index contributed by atoms with van der Waals surface area (Å²) in [5.74, 6) is -0.400. The molecule has 0 atom stereocenters. The number of rotatable bonds is 6. The molecule has 0 aliphatic rings. The zero-order valence-corrected chi connectivity index (χ0v) is 12.7. The second kappa shape index (κ2) is 6.60. The first-order valence-electron chi connectivity index (χ1n) is 6.66. The van der Waals surface area contributed by atoms with Crippen molar-refractivity contribution in [2.75, 3.05) is 6.61 Å². The monoisotopic (exact) mass is 294 g/mol. The van der Waals surface area contributed by atoms with Gasteiger partial charge < -0.3 is 4.74 Å². The molecule has 7 heteroatoms. The predicted molar refractivity (Wildman–Crippen MR) is 75.9 cm³/mol. The van der Waals surface area contributed by atoms with Crippen LogP contribution in [0.1, 0.15) is 46.3 Å². The first kappa shape index (κ1) is 14.6. The third kappa shape index (κ3) is 3.22. The Hall–Kier alpha value is -1.76. The van der Waals surface area contributed by atoms with Gasteiger partial charge in [-0.2, -0.15) is 0 Å². The van der Waals surface area contributed by atoms with Gasteiger partial charge in [-0.1, -0.05) is 18.6 Å². The number of aryl methyl sites for hydroxylation is 1. The molecule has 2 rings (SSSR count). The largest absolute Gasteiger partial charge is 0.461 e. The van der Waals surface area contributed by atoms with Crippen LogP contribution >= 0.6 is 11.3 Å². The fraction of sp³-hybridized carbons (Fsp3) is 0.538. The van der Waals surface area contributed by atoms with Crippen molar-refractivity contribution in [1.82, 2.24) is 20.0 Å². The van der Waals surface area contributed by atoms with Crippen LogP contribution in [0.3, 0.4) is 0 Å². The summed E-state index contributed by atoms with van der Waals surface area (Å²) in [6, 6.07) is 0. The molecule has 0 radical (unpaired) electrons. The van der Waals surface area contributed by atoms with Crippen molar-refractivity contribution in [1.29, 1.82) is 0 Å². The molecule has 0 amide bonds. The lowest BCUT2D eigenvalue weighted by molar-refractivity contribution is 0.0518. The molecule has 0 unspecified atom stereocenters. The molecule has 0 bridgehead atoms. The first-order chi connectivity index (χ1) is 9.65. The maximum absolute atomic E-state index is 11.9. The Morgan fingerprint density at radius 3 is 2.85 bits per heavy atom. The van der Waals surface area contributed by atoms with Gasteiger partial charge in [0.15, 0.2) is 5.69 Å². The molecule has 2 aromatic heterocycles. The minimum absolute atomic E-state index is 0.329. The van der Waals surface area contributed by atoms with E-state index < -0.39 is 5.97 Å². The van der Waals surface area contributed by atoms with Gasteiger partial charge in [-0.25, -0.2) is 14.5 Å². The molecular weight excluding hydrogens is 276 g/mol. The zero-order chi connectivity index (χ0) is 14.5. The fourth-order valence-corrected chi connectivity index (χ4v) is 2.71. The van der Waals surface area contributed by atoms with Gasteiger partial charge in [0, 0.05) is 11.1 Å². The van der Waals surface area contributed by atoms with Gasteiger partial charge in [0.2, 0.25) is 0 Å². The van der Waals surface area contributed by atoms with E-state index in [9.17, 15) is 4.79 Å². The summed E-state index contributed by atoms with van der Waals surface area (Å²) < 4.78 is 6.78. The van der Waals surface area contributed by atoms with E-state index in [2.05, 4.69) is 22.2 Å². The Morgan fingerprint density at radius 2 is 2.25 bits per heavy atom. The van der Waals surface area contributed by atoms with Crippen molar-refractivity contribution >= 4 is 17.3 Å². The lowest BCUT2D eigenvalue weighted by Crippen LogP contribution is -2.11. The highest BCUT2D eigenvalue weighted by Crippen LogP contribution is 2.16. The summed E-state index contributed by atoms with van der Waals surface area (Å²) in [4.78, 5) is 17.2. The molecule has 108 valence electrons. The average Bonchev–Trinajstić information content (AvgIpc) is 2.99. The van der Waals surface area contributed by atoms with E-state index in [1.165, 1.54) is 0 Å². The Labute approximate surface area is 121 Å². The number of esters is 1. The number of ether oxygens (including phenoxy) is 1. The van der Waals surface area contributed by atoms with Crippen LogP contribution in [0.5, 0.6) is 0 Å². The standard InChI is InChI=1S/C13H18N4O2S/c1-4-6-11-12(13(18)19-5-2)15-16-17(11)8-10-7-14-9(3)20-10/h7H,4-6,8H2,1-3H3. The second-order valence-electron chi connectivity index (χ2n) is 4.36. The summed E-state index contributed by atoms with van der Waals surface area (Å²) in [6.07, 6.45) is 3.50. The van der Waals surface area contributed by atoms with E-state index in [0.29, 0.717) is 18.8 Å². The van der Waals surface area contributed by atoms with Crippen LogP contribution in [-0.2, 0) is 17.7 Å². The van der Waals surface area contributed by atoms with E-state index in [4.69, 9.17) is 4.74 Å². The molecule has 0 aromatic carbocycles. The molecule has 6 nitrogen and oxygen atoms in total. The number of carbonyl (C=O) groups excluding carboxylic acids is 1. The molecule has 2 heterocycles. The molecule has 0 aliphatic carbocycles. The molecule has 0 aliphatic heterocycles. The number of hydrogen-bond acceptors (Lipinski definition) is 6. The third-order valence-corrected chi connectivity index (χ3v) is 3.67. The highest BCUT2D eigenvalue weighted by molar-refractivity contribution is 7.11. The van der Waals surface area contributed by atoms with Crippen molar-refractivity contribution in [3.8, 4) is 0 Å². The van der Waals surface area contributed by atoms with Crippen LogP contribution in [0.25, 0.3) is 0 Å². The molecule has 0 saturated heterocycles. The van der Waals surface area contributed by atoms with E-state index in [1.807, 2.05) is 13.1 Å². The van der Waals surface area contributed by atoms with E-state index >= 15 is 0 Å². The van der Waals surface area contributed by atoms with Gasteiger partial charge >= 0.3 is 5.97 Å². The number of aromatic nitrogens is 4. The topological polar surface area (TPSA) is 69.9 Å². The van der Waals surface area contributed by atoms with Gasteiger partial charge in [-0.05, 0) is 20.3 Å². The van der Waals surface area contributed by atoms with Crippen molar-refractivity contribution in [2.45, 2.75) is 40.2 Å². The van der Waals surface area contributed by atoms with Crippen LogP contribution in [0.4, 0.5) is 0 Å². The average molecular weight is 294 g/mol. The SMILES string of the molecule is CCCc1c(C(=O)OCC)nnn1Cc1cnc(C)s1. The highest BCUT2D eigenvalue weighted by atomic mass is 32.1. The Kier molecular flexibility index (Phi) is 4.84. The molecule has 0 spiro atoms. The summed E-state index contributed by atoms with van der Waals surface area (Å²) >= 11 is 1.62. The van der Waals surface area contributed by atoms with Crippen LogP contribution in [0, 0.1) is 6.92 Å². The Bertz CT molecular complexity index is 591. The van der Waals surface area contributed by atoms with Crippen LogP contribution < -0.4 is 0 Å². The lowest BCUT2D eigenvalue weighted by Gasteiger charge is -2.05. The number of thiazole rings is 1. The molecule has 2 aromatic rings. The normalized spacial score (nSPS) is 10.8. The third-order valence-electron chi connectivity index (χ3n) is 2.77. The van der Waals surface area contributed by atoms with Gasteiger partial charge in [0.1, 0.15) is 0 Å². The van der Waals surface area contributed by atoms with E-state index in [1.54, 1.807) is 22.9 Å². The first-order valence-corrected chi connectivity index (χ1v) is 7.48. The van der Waals surface area contributed by atoms with Crippen molar-refractivity contribution in [2.24, 2.45) is 0 Å². The van der Waals surface area contributed by atoms with Gasteiger partial charge in [-0.3, -0.25) is 0 Å². The smallest absolute Gasteiger partial charge is 0.360 e. The zero-order valence-electron chi connectivity index (χ0n) is 11.9. The quantitative estimate of drug-likeness (QED) is 0.764. The van der Waals surface area contributed by atoms with Crippen LogP contribution in [0.2, 0.25) is 0 Å². The lowest BCUT2D eigenvalue weighted by atomic mass is 10.2. The van der Waals surface area contributed by atoms with E-state index in [-0.39, 0.29) is 0 Å². The maximum atomic E-state index is 11.9. The molecule has 0 saturated carbocycles. The van der Waals surface area contributed by atoms with Gasteiger partial charge in [0.05, 0.1) is 23.9 Å². The molecule has 0 N–H and O–H groups in total. The van der Waals surface area contributed by atoms with E-state index in [0.717, 1.165) is 28.4 Å². The molecular formula is C13H18N4O2S. The molecule has 20 heavy (non-hydrogen) atoms. The number of carbonyl (C=O) groups is 1. The van der Waals surface area contributed by atoms with Crippen LogP contribution in [0.15, 0.2) is 6.20 Å². The fourth-order valence-electron chi connectivity index (χ4n) is 1.93. The van der Waals surface area contributed by atoms with Crippen molar-refractivity contribution in [3.05, 3.63) is 27.5 Å². The Balaban J connectivity index is 2.26. The van der Waals surface area contributed by atoms with Crippen LogP contribution in [-0.4, -0.2) is 32.6 Å². The number of nitrogens with zero attached hydrogens (tertiary/aromatic N) is 4. The Morgan fingerprint density at radius 1 is 1.45 bits per heavy atom. The molecule has 0 fully saturated rings. The maximum Gasteiger partial charge on any atom is 0.360 e. The number of hydrogen-bond donors (Lipinski definition) is 0. The van der Waals surface area contributed by atoms with Crippen molar-refractivity contribution < 1.29 is 9.53 Å². The summed E-state index contributed by atoms with van der Waals surface area (Å²) in [6.45, 7) is 6.73. The summed E-state index contributed by atoms with van der Waals surface area (Å²) in [5, 5.41) is 9.08. The van der Waals surface area contributed by atoms with Gasteiger partial charge in [-0.15, -0.1) is 16.4 Å². The van der Waals surface area contributed by atoms with Crippen molar-refractivity contribution in [3.63, 3.8) is 0 Å². The second-order valence-corrected chi connectivity index (χ2v) is 5.68. The highest BCUT2D eigenvalue weighted by Gasteiger charge is 2.20. The minimum atomic E-state index is -0.400. The minimum Gasteiger partial charge on any atom is -0.461 e. The van der Waals surface area contributed by atoms with Gasteiger partial charge in [0.25, 0.3) is 0 Å².